The second-order valence-electron chi connectivity index (χ2n) is 5.47. The molecule has 2 rings (SSSR count). The molecule has 1 aromatic carbocycles. The minimum Gasteiger partial charge on any atom is -0.355 e. The van der Waals surface area contributed by atoms with Gasteiger partial charge in [0, 0.05) is 29.2 Å². The molecular formula is C18H21N3O2. The summed E-state index contributed by atoms with van der Waals surface area (Å²) in [6, 6.07) is 10.8. The van der Waals surface area contributed by atoms with Crippen molar-refractivity contribution in [2.45, 2.75) is 33.2 Å². The van der Waals surface area contributed by atoms with E-state index in [0.717, 1.165) is 17.8 Å². The lowest BCUT2D eigenvalue weighted by Gasteiger charge is -2.12. The number of carbonyl (C=O) groups is 2. The highest BCUT2D eigenvalue weighted by Crippen LogP contribution is 2.17. The van der Waals surface area contributed by atoms with E-state index in [1.807, 2.05) is 26.0 Å². The van der Waals surface area contributed by atoms with Crippen LogP contribution in [0.25, 0.3) is 0 Å². The number of pyridine rings is 1. The molecule has 120 valence electrons. The molecule has 0 bridgehead atoms. The maximum Gasteiger partial charge on any atom is 0.270 e. The number of ketones is 1. The number of anilines is 2. The summed E-state index contributed by atoms with van der Waals surface area (Å²) >= 11 is 0. The van der Waals surface area contributed by atoms with Crippen LogP contribution in [0.2, 0.25) is 0 Å². The van der Waals surface area contributed by atoms with Crippen molar-refractivity contribution in [3.8, 4) is 0 Å². The van der Waals surface area contributed by atoms with Gasteiger partial charge in [-0.25, -0.2) is 0 Å². The molecule has 2 N–H and O–H groups in total. The topological polar surface area (TPSA) is 71.1 Å². The maximum atomic E-state index is 12.1. The van der Waals surface area contributed by atoms with E-state index in [0.29, 0.717) is 11.3 Å². The number of amides is 1. The third kappa shape index (κ3) is 4.64. The first-order chi connectivity index (χ1) is 11.0. The van der Waals surface area contributed by atoms with Gasteiger partial charge in [0.15, 0.2) is 5.78 Å². The predicted octanol–water partition coefficient (Wildman–Crippen LogP) is 3.56. The van der Waals surface area contributed by atoms with Crippen LogP contribution in [-0.2, 0) is 0 Å². The Morgan fingerprint density at radius 1 is 1.13 bits per heavy atom. The van der Waals surface area contributed by atoms with Gasteiger partial charge in [0.2, 0.25) is 0 Å². The summed E-state index contributed by atoms with van der Waals surface area (Å²) in [5.41, 5.74) is 2.65. The summed E-state index contributed by atoms with van der Waals surface area (Å²) in [6.07, 6.45) is 2.46. The van der Waals surface area contributed by atoms with Crippen molar-refractivity contribution in [3.05, 3.63) is 53.9 Å². The molecule has 1 atom stereocenters. The fourth-order valence-electron chi connectivity index (χ4n) is 1.99. The van der Waals surface area contributed by atoms with Gasteiger partial charge in [-0.05, 0) is 56.7 Å². The summed E-state index contributed by atoms with van der Waals surface area (Å²) in [5, 5.41) is 6.09. The monoisotopic (exact) mass is 311 g/mol. The Hall–Kier alpha value is -2.69. The molecule has 2 aromatic rings. The molecule has 23 heavy (non-hydrogen) atoms. The van der Waals surface area contributed by atoms with E-state index in [1.54, 1.807) is 30.5 Å². The Kier molecular flexibility index (Phi) is 5.46. The number of carbonyl (C=O) groups excluding carboxylic acids is 2. The SMILES string of the molecule is CCC(C)NC(=O)c1cc(Nc2ccc(C(C)=O)cc2)ccn1. The Balaban J connectivity index is 2.10. The third-order valence-corrected chi connectivity index (χ3v) is 3.56. The van der Waals surface area contributed by atoms with Crippen LogP contribution in [0.4, 0.5) is 11.4 Å². The van der Waals surface area contributed by atoms with Gasteiger partial charge in [-0.3, -0.25) is 14.6 Å². The van der Waals surface area contributed by atoms with E-state index >= 15 is 0 Å². The van der Waals surface area contributed by atoms with Gasteiger partial charge in [0.05, 0.1) is 0 Å². The van der Waals surface area contributed by atoms with Gasteiger partial charge >= 0.3 is 0 Å². The lowest BCUT2D eigenvalue weighted by atomic mass is 10.1. The van der Waals surface area contributed by atoms with Crippen LogP contribution >= 0.6 is 0 Å². The molecule has 5 nitrogen and oxygen atoms in total. The molecule has 0 saturated carbocycles. The van der Waals surface area contributed by atoms with Crippen LogP contribution in [0.1, 0.15) is 48.0 Å². The van der Waals surface area contributed by atoms with Crippen LogP contribution in [-0.4, -0.2) is 22.7 Å². The van der Waals surface area contributed by atoms with Gasteiger partial charge in [0.25, 0.3) is 5.91 Å². The van der Waals surface area contributed by atoms with Gasteiger partial charge in [-0.15, -0.1) is 0 Å². The largest absolute Gasteiger partial charge is 0.355 e. The Labute approximate surface area is 136 Å². The first-order valence-corrected chi connectivity index (χ1v) is 7.64. The standard InChI is InChI=1S/C18H21N3O2/c1-4-12(2)20-18(23)17-11-16(9-10-19-17)21-15-7-5-14(6-8-15)13(3)22/h5-12H,4H2,1-3H3,(H,19,21)(H,20,23). The second-order valence-corrected chi connectivity index (χ2v) is 5.47. The summed E-state index contributed by atoms with van der Waals surface area (Å²) in [7, 11) is 0. The van der Waals surface area contributed by atoms with Gasteiger partial charge < -0.3 is 10.6 Å². The number of Topliss-reactive ketones (excluding diaryl/α,β-unsaturated/α-hetero) is 1. The van der Waals surface area contributed by atoms with Gasteiger partial charge in [0.1, 0.15) is 5.69 Å². The molecule has 0 aliphatic rings. The Bertz CT molecular complexity index is 696. The molecule has 1 aromatic heterocycles. The number of aromatic nitrogens is 1. The van der Waals surface area contributed by atoms with Crippen molar-refractivity contribution in [2.75, 3.05) is 5.32 Å². The maximum absolute atomic E-state index is 12.1. The average molecular weight is 311 g/mol. The van der Waals surface area contributed by atoms with Gasteiger partial charge in [-0.2, -0.15) is 0 Å². The summed E-state index contributed by atoms with van der Waals surface area (Å²) < 4.78 is 0. The van der Waals surface area contributed by atoms with Crippen LogP contribution < -0.4 is 10.6 Å². The summed E-state index contributed by atoms with van der Waals surface area (Å²) in [6.45, 7) is 5.51. The molecule has 1 unspecified atom stereocenters. The second kappa shape index (κ2) is 7.54. The first kappa shape index (κ1) is 16.7. The van der Waals surface area contributed by atoms with E-state index < -0.39 is 0 Å². The molecule has 0 saturated heterocycles. The van der Waals surface area contributed by atoms with Crippen molar-refractivity contribution in [3.63, 3.8) is 0 Å². The highest BCUT2D eigenvalue weighted by Gasteiger charge is 2.10. The predicted molar refractivity (Wildman–Crippen MR) is 91.2 cm³/mol. The minimum atomic E-state index is -0.185. The van der Waals surface area contributed by atoms with E-state index in [4.69, 9.17) is 0 Å². The molecule has 0 aliphatic carbocycles. The summed E-state index contributed by atoms with van der Waals surface area (Å²) in [4.78, 5) is 27.5. The van der Waals surface area contributed by atoms with Crippen molar-refractivity contribution in [1.82, 2.24) is 10.3 Å². The number of hydrogen-bond donors (Lipinski definition) is 2. The Morgan fingerprint density at radius 3 is 2.43 bits per heavy atom. The van der Waals surface area contributed by atoms with Crippen molar-refractivity contribution in [2.24, 2.45) is 0 Å². The zero-order chi connectivity index (χ0) is 16.8. The number of nitrogens with one attached hydrogen (secondary N) is 2. The highest BCUT2D eigenvalue weighted by molar-refractivity contribution is 5.94. The lowest BCUT2D eigenvalue weighted by Crippen LogP contribution is -2.32. The van der Waals surface area contributed by atoms with Crippen LogP contribution in [0.15, 0.2) is 42.6 Å². The summed E-state index contributed by atoms with van der Waals surface area (Å²) in [5.74, 6) is -0.153. The smallest absolute Gasteiger partial charge is 0.270 e. The average Bonchev–Trinajstić information content (AvgIpc) is 2.55. The number of nitrogens with zero attached hydrogens (tertiary/aromatic N) is 1. The zero-order valence-corrected chi connectivity index (χ0v) is 13.6. The van der Waals surface area contributed by atoms with Crippen molar-refractivity contribution in [1.29, 1.82) is 0 Å². The molecule has 0 spiro atoms. The molecule has 0 radical (unpaired) electrons. The van der Waals surface area contributed by atoms with Gasteiger partial charge in [-0.1, -0.05) is 6.92 Å². The van der Waals surface area contributed by atoms with Crippen LogP contribution in [0.5, 0.6) is 0 Å². The van der Waals surface area contributed by atoms with E-state index in [9.17, 15) is 9.59 Å². The lowest BCUT2D eigenvalue weighted by molar-refractivity contribution is 0.0933. The molecule has 5 heteroatoms. The fourth-order valence-corrected chi connectivity index (χ4v) is 1.99. The van der Waals surface area contributed by atoms with Crippen LogP contribution in [0, 0.1) is 0 Å². The van der Waals surface area contributed by atoms with E-state index in [-0.39, 0.29) is 17.7 Å². The molecule has 1 amide bonds. The molecular weight excluding hydrogens is 290 g/mol. The number of hydrogen-bond acceptors (Lipinski definition) is 4. The van der Waals surface area contributed by atoms with Crippen molar-refractivity contribution < 1.29 is 9.59 Å². The number of rotatable bonds is 6. The molecule has 0 aliphatic heterocycles. The third-order valence-electron chi connectivity index (χ3n) is 3.56. The first-order valence-electron chi connectivity index (χ1n) is 7.64. The fraction of sp³-hybridized carbons (Fsp3) is 0.278. The van der Waals surface area contributed by atoms with Crippen LogP contribution in [0.3, 0.4) is 0 Å². The Morgan fingerprint density at radius 2 is 1.83 bits per heavy atom. The normalized spacial score (nSPS) is 11.6. The minimum absolute atomic E-state index is 0.0319. The molecule has 1 heterocycles. The van der Waals surface area contributed by atoms with E-state index in [2.05, 4.69) is 15.6 Å². The number of benzene rings is 1. The molecule has 0 fully saturated rings. The quantitative estimate of drug-likeness (QED) is 0.800. The van der Waals surface area contributed by atoms with Crippen molar-refractivity contribution >= 4 is 23.1 Å². The van der Waals surface area contributed by atoms with E-state index in [1.165, 1.54) is 6.92 Å². The zero-order valence-electron chi connectivity index (χ0n) is 13.6. The highest BCUT2D eigenvalue weighted by atomic mass is 16.2.